The number of hydrogen-bond donors (Lipinski definition) is 0. The first-order valence-electron chi connectivity index (χ1n) is 5.09. The van der Waals surface area contributed by atoms with E-state index in [9.17, 15) is 4.79 Å². The Bertz CT molecular complexity index is 560. The van der Waals surface area contributed by atoms with E-state index in [-0.39, 0.29) is 0 Å². The van der Waals surface area contributed by atoms with Crippen molar-refractivity contribution in [3.8, 4) is 11.5 Å². The van der Waals surface area contributed by atoms with E-state index in [1.165, 1.54) is 0 Å². The number of hydrogen-bond acceptors (Lipinski definition) is 3. The van der Waals surface area contributed by atoms with Gasteiger partial charge in [0.2, 0.25) is 6.29 Å². The first-order chi connectivity index (χ1) is 7.88. The van der Waals surface area contributed by atoms with Crippen molar-refractivity contribution < 1.29 is 14.3 Å². The monoisotopic (exact) mass is 213 g/mol. The molecule has 0 fully saturated rings. The molecule has 2 aromatic rings. The fraction of sp³-hybridized carbons (Fsp3) is 0.154. The van der Waals surface area contributed by atoms with Gasteiger partial charge in [-0.15, -0.1) is 0 Å². The molecule has 0 aromatic heterocycles. The molecule has 1 heterocycles. The lowest BCUT2D eigenvalue weighted by atomic mass is 10.1. The molecule has 0 spiro atoms. The molecule has 3 rings (SSSR count). The molecule has 0 saturated carbocycles. The van der Waals surface area contributed by atoms with Gasteiger partial charge in [0.05, 0.1) is 0 Å². The normalized spacial score (nSPS) is 13.8. The van der Waals surface area contributed by atoms with Gasteiger partial charge < -0.3 is 9.47 Å². The van der Waals surface area contributed by atoms with E-state index in [1.807, 2.05) is 24.5 Å². The second-order valence-corrected chi connectivity index (χ2v) is 3.63. The van der Waals surface area contributed by atoms with Gasteiger partial charge >= 0.3 is 0 Å². The molecular weight excluding hydrogens is 204 g/mol. The Balaban J connectivity index is 2.28. The number of rotatable bonds is 1. The molecule has 3 heteroatoms. The maximum atomic E-state index is 10.6. The van der Waals surface area contributed by atoms with Crippen molar-refractivity contribution in [2.75, 3.05) is 13.2 Å². The standard InChI is InChI=1S/C13H9O3/c14-8-9-1-3-11-10(7-9)2-4-12-13(11)16-6-5-15-12/h1-4,7H,5-6H2. The van der Waals surface area contributed by atoms with E-state index in [1.54, 1.807) is 12.1 Å². The lowest BCUT2D eigenvalue weighted by molar-refractivity contribution is 0.174. The molecule has 1 aliphatic heterocycles. The van der Waals surface area contributed by atoms with Crippen LogP contribution in [0.5, 0.6) is 11.5 Å². The summed E-state index contributed by atoms with van der Waals surface area (Å²) in [6.45, 7) is 1.15. The van der Waals surface area contributed by atoms with E-state index in [4.69, 9.17) is 9.47 Å². The molecule has 0 aliphatic carbocycles. The highest BCUT2D eigenvalue weighted by molar-refractivity contribution is 5.94. The van der Waals surface area contributed by atoms with E-state index < -0.39 is 0 Å². The molecular formula is C13H9O3. The fourth-order valence-electron chi connectivity index (χ4n) is 1.90. The maximum absolute atomic E-state index is 10.6. The van der Waals surface area contributed by atoms with Crippen LogP contribution < -0.4 is 9.47 Å². The third-order valence-electron chi connectivity index (χ3n) is 2.64. The summed E-state index contributed by atoms with van der Waals surface area (Å²) >= 11 is 0. The lowest BCUT2D eigenvalue weighted by Crippen LogP contribution is -2.15. The molecule has 79 valence electrons. The molecule has 0 N–H and O–H groups in total. The minimum atomic E-state index is 0.546. The average Bonchev–Trinajstić information content (AvgIpc) is 2.38. The van der Waals surface area contributed by atoms with Crippen LogP contribution in [0, 0.1) is 0 Å². The summed E-state index contributed by atoms with van der Waals surface area (Å²) in [4.78, 5) is 10.6. The van der Waals surface area contributed by atoms with Crippen LogP contribution in [0.15, 0.2) is 30.3 Å². The number of fused-ring (bicyclic) bond motifs is 3. The fourth-order valence-corrected chi connectivity index (χ4v) is 1.90. The Hall–Kier alpha value is -2.03. The summed E-state index contributed by atoms with van der Waals surface area (Å²) in [6, 6.07) is 9.17. The van der Waals surface area contributed by atoms with Gasteiger partial charge in [0.15, 0.2) is 11.5 Å². The minimum absolute atomic E-state index is 0.546. The zero-order valence-corrected chi connectivity index (χ0v) is 8.53. The van der Waals surface area contributed by atoms with E-state index in [0.29, 0.717) is 18.8 Å². The third-order valence-corrected chi connectivity index (χ3v) is 2.64. The van der Waals surface area contributed by atoms with Crippen LogP contribution >= 0.6 is 0 Å². The van der Waals surface area contributed by atoms with Gasteiger partial charge in [-0.25, -0.2) is 0 Å². The Kier molecular flexibility index (Phi) is 2.03. The molecule has 16 heavy (non-hydrogen) atoms. The molecule has 0 saturated heterocycles. The summed E-state index contributed by atoms with van der Waals surface area (Å²) in [6.07, 6.45) is 1.88. The van der Waals surface area contributed by atoms with Gasteiger partial charge in [-0.2, -0.15) is 0 Å². The van der Waals surface area contributed by atoms with Crippen molar-refractivity contribution >= 4 is 17.1 Å². The largest absolute Gasteiger partial charge is 0.486 e. The van der Waals surface area contributed by atoms with Crippen LogP contribution in [0.1, 0.15) is 5.56 Å². The Morgan fingerprint density at radius 3 is 2.81 bits per heavy atom. The van der Waals surface area contributed by atoms with Crippen molar-refractivity contribution in [2.45, 2.75) is 0 Å². The molecule has 3 nitrogen and oxygen atoms in total. The zero-order valence-electron chi connectivity index (χ0n) is 8.53. The van der Waals surface area contributed by atoms with Gasteiger partial charge in [-0.1, -0.05) is 12.1 Å². The van der Waals surface area contributed by atoms with Gasteiger partial charge in [-0.05, 0) is 23.6 Å². The number of benzene rings is 2. The predicted octanol–water partition coefficient (Wildman–Crippen LogP) is 2.07. The van der Waals surface area contributed by atoms with Crippen molar-refractivity contribution in [2.24, 2.45) is 0 Å². The summed E-state index contributed by atoms with van der Waals surface area (Å²) < 4.78 is 11.1. The van der Waals surface area contributed by atoms with E-state index in [0.717, 1.165) is 22.3 Å². The van der Waals surface area contributed by atoms with Crippen LogP contribution in [0.2, 0.25) is 0 Å². The molecule has 0 unspecified atom stereocenters. The second kappa shape index (κ2) is 3.52. The first-order valence-corrected chi connectivity index (χ1v) is 5.09. The minimum Gasteiger partial charge on any atom is -0.486 e. The Morgan fingerprint density at radius 1 is 1.06 bits per heavy atom. The average molecular weight is 213 g/mol. The molecule has 1 radical (unpaired) electrons. The van der Waals surface area contributed by atoms with Gasteiger partial charge in [0.1, 0.15) is 13.2 Å². The van der Waals surface area contributed by atoms with E-state index in [2.05, 4.69) is 0 Å². The van der Waals surface area contributed by atoms with Gasteiger partial charge in [-0.3, -0.25) is 4.79 Å². The summed E-state index contributed by atoms with van der Waals surface area (Å²) in [7, 11) is 0. The molecule has 0 atom stereocenters. The van der Waals surface area contributed by atoms with Crippen molar-refractivity contribution in [1.82, 2.24) is 0 Å². The van der Waals surface area contributed by atoms with Crippen molar-refractivity contribution in [3.05, 3.63) is 35.9 Å². The molecule has 0 bridgehead atoms. The first kappa shape index (κ1) is 9.21. The highest BCUT2D eigenvalue weighted by atomic mass is 16.6. The Morgan fingerprint density at radius 2 is 1.94 bits per heavy atom. The zero-order chi connectivity index (χ0) is 11.0. The maximum Gasteiger partial charge on any atom is 0.233 e. The van der Waals surface area contributed by atoms with Crippen molar-refractivity contribution in [1.29, 1.82) is 0 Å². The topological polar surface area (TPSA) is 35.5 Å². The summed E-state index contributed by atoms with van der Waals surface area (Å²) in [5.74, 6) is 1.53. The summed E-state index contributed by atoms with van der Waals surface area (Å²) in [5.41, 5.74) is 0.546. The van der Waals surface area contributed by atoms with E-state index >= 15 is 0 Å². The van der Waals surface area contributed by atoms with Crippen molar-refractivity contribution in [3.63, 3.8) is 0 Å². The Labute approximate surface area is 92.6 Å². The van der Waals surface area contributed by atoms with Gasteiger partial charge in [0.25, 0.3) is 0 Å². The smallest absolute Gasteiger partial charge is 0.233 e. The van der Waals surface area contributed by atoms with Crippen LogP contribution in [0.25, 0.3) is 10.8 Å². The van der Waals surface area contributed by atoms with Gasteiger partial charge in [0, 0.05) is 10.9 Å². The predicted molar refractivity (Wildman–Crippen MR) is 59.7 cm³/mol. The van der Waals surface area contributed by atoms with Crippen LogP contribution in [-0.4, -0.2) is 19.5 Å². The second-order valence-electron chi connectivity index (χ2n) is 3.63. The van der Waals surface area contributed by atoms with Crippen LogP contribution in [-0.2, 0) is 4.79 Å². The quantitative estimate of drug-likeness (QED) is 0.727. The number of carbonyl (C=O) groups excluding carboxylic acids is 1. The highest BCUT2D eigenvalue weighted by Gasteiger charge is 2.14. The SMILES string of the molecule is O=[C]c1ccc2c3c(ccc2c1)OCCO3. The molecule has 1 aliphatic rings. The number of ether oxygens (including phenoxy) is 2. The molecule has 0 amide bonds. The van der Waals surface area contributed by atoms with Crippen LogP contribution in [0.4, 0.5) is 0 Å². The molecule has 2 aromatic carbocycles. The summed E-state index contributed by atoms with van der Waals surface area (Å²) in [5, 5.41) is 1.93. The lowest BCUT2D eigenvalue weighted by Gasteiger charge is -2.19. The third kappa shape index (κ3) is 1.33. The highest BCUT2D eigenvalue weighted by Crippen LogP contribution is 2.37. The van der Waals surface area contributed by atoms with Crippen LogP contribution in [0.3, 0.4) is 0 Å².